The number of carbonyl (C=O) groups is 1. The molecule has 0 unspecified atom stereocenters. The Morgan fingerprint density at radius 3 is 2.26 bits per heavy atom. The summed E-state index contributed by atoms with van der Waals surface area (Å²) < 4.78 is 32.3. The third-order valence-corrected chi connectivity index (χ3v) is 5.19. The zero-order valence-corrected chi connectivity index (χ0v) is 13.8. The van der Waals surface area contributed by atoms with Gasteiger partial charge in [-0.25, -0.2) is 0 Å². The molecule has 0 aliphatic rings. The molecule has 0 spiro atoms. The van der Waals surface area contributed by atoms with Crippen molar-refractivity contribution in [1.82, 2.24) is 0 Å². The number of nitrogens with one attached hydrogen (secondary N) is 1. The van der Waals surface area contributed by atoms with E-state index in [2.05, 4.69) is 37.2 Å². The van der Waals surface area contributed by atoms with Crippen LogP contribution in [0, 0.1) is 6.92 Å². The maximum atomic E-state index is 11.7. The average molecular weight is 416 g/mol. The van der Waals surface area contributed by atoms with Crippen LogP contribution < -0.4 is 11.1 Å². The van der Waals surface area contributed by atoms with Gasteiger partial charge in [0.2, 0.25) is 5.91 Å². The van der Waals surface area contributed by atoms with Gasteiger partial charge in [-0.2, -0.15) is 8.42 Å². The molecule has 1 aromatic carbocycles. The molecule has 0 heterocycles. The first-order valence-electron chi connectivity index (χ1n) is 5.09. The minimum absolute atomic E-state index is 0.386. The van der Waals surface area contributed by atoms with Crippen LogP contribution in [-0.4, -0.2) is 30.7 Å². The predicted octanol–water partition coefficient (Wildman–Crippen LogP) is 1.67. The van der Waals surface area contributed by atoms with Crippen molar-refractivity contribution in [3.8, 4) is 0 Å². The third-order valence-electron chi connectivity index (χ3n) is 2.41. The second kappa shape index (κ2) is 6.31. The molecule has 106 valence electrons. The van der Waals surface area contributed by atoms with Crippen LogP contribution in [0.25, 0.3) is 0 Å². The summed E-state index contributed by atoms with van der Waals surface area (Å²) in [6, 6.07) is 3.24. The monoisotopic (exact) mass is 414 g/mol. The van der Waals surface area contributed by atoms with Crippen molar-refractivity contribution in [3.63, 3.8) is 0 Å². The number of benzene rings is 1. The first kappa shape index (κ1) is 16.6. The van der Waals surface area contributed by atoms with Crippen molar-refractivity contribution in [2.75, 3.05) is 11.9 Å². The molecule has 4 N–H and O–H groups in total. The first-order chi connectivity index (χ1) is 8.66. The Morgan fingerprint density at radius 2 is 1.89 bits per heavy atom. The van der Waals surface area contributed by atoms with E-state index in [-0.39, 0.29) is 0 Å². The topological polar surface area (TPSA) is 109 Å². The quantitative estimate of drug-likeness (QED) is 0.648. The van der Waals surface area contributed by atoms with E-state index in [4.69, 9.17) is 10.3 Å². The molecular weight excluding hydrogens is 404 g/mol. The van der Waals surface area contributed by atoms with Crippen molar-refractivity contribution in [1.29, 1.82) is 0 Å². The van der Waals surface area contributed by atoms with E-state index in [1.54, 1.807) is 12.1 Å². The van der Waals surface area contributed by atoms with E-state index in [9.17, 15) is 13.2 Å². The molecule has 1 aromatic rings. The highest BCUT2D eigenvalue weighted by Gasteiger charge is 2.29. The van der Waals surface area contributed by atoms with Crippen molar-refractivity contribution >= 4 is 53.6 Å². The summed E-state index contributed by atoms with van der Waals surface area (Å²) >= 11 is 6.61. The lowest BCUT2D eigenvalue weighted by atomic mass is 10.2. The second-order valence-electron chi connectivity index (χ2n) is 3.79. The molecule has 0 aliphatic carbocycles. The van der Waals surface area contributed by atoms with E-state index in [1.807, 2.05) is 6.92 Å². The van der Waals surface area contributed by atoms with Gasteiger partial charge >= 0.3 is 0 Å². The standard InChI is InChI=1S/C10H12Br2N2O4S/c1-5-7(11)2-6(3-8(5)12)14-10(15)9(4-13)19(16,17)18/h2-3,9H,4,13H2,1H3,(H,14,15)(H,16,17,18)/t9-/m0/s1. The van der Waals surface area contributed by atoms with Crippen LogP contribution in [0.1, 0.15) is 5.56 Å². The van der Waals surface area contributed by atoms with E-state index in [1.165, 1.54) is 0 Å². The van der Waals surface area contributed by atoms with Crippen molar-refractivity contribution in [2.24, 2.45) is 5.73 Å². The smallest absolute Gasteiger partial charge is 0.278 e. The minimum atomic E-state index is -4.52. The normalized spacial score (nSPS) is 13.1. The molecule has 6 nitrogen and oxygen atoms in total. The van der Waals surface area contributed by atoms with Crippen LogP contribution in [0.4, 0.5) is 5.69 Å². The summed E-state index contributed by atoms with van der Waals surface area (Å²) in [7, 11) is -4.52. The molecule has 0 radical (unpaired) electrons. The SMILES string of the molecule is Cc1c(Br)cc(NC(=O)[C@H](CN)S(=O)(=O)O)cc1Br. The van der Waals surface area contributed by atoms with Gasteiger partial charge < -0.3 is 11.1 Å². The van der Waals surface area contributed by atoms with Gasteiger partial charge in [0, 0.05) is 21.2 Å². The van der Waals surface area contributed by atoms with E-state index >= 15 is 0 Å². The summed E-state index contributed by atoms with van der Waals surface area (Å²) in [5, 5.41) is 0.702. The number of amides is 1. The molecule has 9 heteroatoms. The van der Waals surface area contributed by atoms with Crippen molar-refractivity contribution in [2.45, 2.75) is 12.2 Å². The predicted molar refractivity (Wildman–Crippen MR) is 79.6 cm³/mol. The van der Waals surface area contributed by atoms with Gasteiger partial charge in [-0.1, -0.05) is 31.9 Å². The Bertz CT molecular complexity index is 581. The largest absolute Gasteiger partial charge is 0.329 e. The number of hydrogen-bond acceptors (Lipinski definition) is 4. The number of anilines is 1. The van der Waals surface area contributed by atoms with Crippen LogP contribution in [-0.2, 0) is 14.9 Å². The Hall–Kier alpha value is -0.480. The molecule has 0 saturated carbocycles. The summed E-state index contributed by atoms with van der Waals surface area (Å²) in [5.41, 5.74) is 6.50. The van der Waals surface area contributed by atoms with Gasteiger partial charge in [0.25, 0.3) is 10.1 Å². The highest BCUT2D eigenvalue weighted by Crippen LogP contribution is 2.28. The van der Waals surface area contributed by atoms with E-state index < -0.39 is 27.8 Å². The Labute approximate surface area is 127 Å². The van der Waals surface area contributed by atoms with Crippen LogP contribution >= 0.6 is 31.9 Å². The number of rotatable bonds is 4. The van der Waals surface area contributed by atoms with Gasteiger partial charge in [0.15, 0.2) is 5.25 Å². The molecule has 0 fully saturated rings. The summed E-state index contributed by atoms with van der Waals surface area (Å²) in [5.74, 6) is -0.882. The molecule has 1 rings (SSSR count). The fourth-order valence-electron chi connectivity index (χ4n) is 1.30. The maximum absolute atomic E-state index is 11.7. The zero-order chi connectivity index (χ0) is 14.8. The molecular formula is C10H12Br2N2O4S. The van der Waals surface area contributed by atoms with Gasteiger partial charge in [-0.3, -0.25) is 9.35 Å². The van der Waals surface area contributed by atoms with Gasteiger partial charge in [0.05, 0.1) is 0 Å². The highest BCUT2D eigenvalue weighted by molar-refractivity contribution is 9.11. The zero-order valence-electron chi connectivity index (χ0n) is 9.85. The van der Waals surface area contributed by atoms with E-state index in [0.717, 1.165) is 14.5 Å². The Balaban J connectivity index is 3.00. The van der Waals surface area contributed by atoms with Gasteiger partial charge in [-0.15, -0.1) is 0 Å². The lowest BCUT2D eigenvalue weighted by Crippen LogP contribution is -2.40. The van der Waals surface area contributed by atoms with Gasteiger partial charge in [-0.05, 0) is 24.6 Å². The molecule has 0 aromatic heterocycles. The summed E-state index contributed by atoms with van der Waals surface area (Å²) in [6.07, 6.45) is 0. The molecule has 1 atom stereocenters. The fourth-order valence-corrected chi connectivity index (χ4v) is 3.06. The minimum Gasteiger partial charge on any atom is -0.329 e. The summed E-state index contributed by atoms with van der Waals surface area (Å²) in [6.45, 7) is 1.36. The number of carbonyl (C=O) groups excluding carboxylic acids is 1. The van der Waals surface area contributed by atoms with Crippen LogP contribution in [0.2, 0.25) is 0 Å². The van der Waals surface area contributed by atoms with Crippen molar-refractivity contribution in [3.05, 3.63) is 26.6 Å². The molecule has 1 amide bonds. The third kappa shape index (κ3) is 4.25. The first-order valence-corrected chi connectivity index (χ1v) is 8.18. The molecule has 0 bridgehead atoms. The van der Waals surface area contributed by atoms with E-state index in [0.29, 0.717) is 5.69 Å². The van der Waals surface area contributed by atoms with Crippen LogP contribution in [0.15, 0.2) is 21.1 Å². The number of nitrogens with two attached hydrogens (primary N) is 1. The van der Waals surface area contributed by atoms with Crippen LogP contribution in [0.3, 0.4) is 0 Å². The maximum Gasteiger partial charge on any atom is 0.278 e. The second-order valence-corrected chi connectivity index (χ2v) is 7.10. The Kier molecular flexibility index (Phi) is 5.51. The lowest BCUT2D eigenvalue weighted by molar-refractivity contribution is -0.115. The summed E-state index contributed by atoms with van der Waals surface area (Å²) in [4.78, 5) is 11.7. The number of halogens is 2. The average Bonchev–Trinajstić information content (AvgIpc) is 2.24. The fraction of sp³-hybridized carbons (Fsp3) is 0.300. The lowest BCUT2D eigenvalue weighted by Gasteiger charge is -2.13. The Morgan fingerprint density at radius 1 is 1.42 bits per heavy atom. The number of hydrogen-bond donors (Lipinski definition) is 3. The molecule has 0 aliphatic heterocycles. The molecule has 19 heavy (non-hydrogen) atoms. The van der Waals surface area contributed by atoms with Crippen molar-refractivity contribution < 1.29 is 17.8 Å². The molecule has 0 saturated heterocycles. The van der Waals surface area contributed by atoms with Crippen LogP contribution in [0.5, 0.6) is 0 Å². The highest BCUT2D eigenvalue weighted by atomic mass is 79.9. The van der Waals surface area contributed by atoms with Gasteiger partial charge in [0.1, 0.15) is 0 Å².